The summed E-state index contributed by atoms with van der Waals surface area (Å²) in [7, 11) is 0. The van der Waals surface area contributed by atoms with Crippen molar-refractivity contribution >= 4 is 11.7 Å². The number of nitrogens with zero attached hydrogens (tertiary/aromatic N) is 2. The largest absolute Gasteiger partial charge is 0.336 e. The van der Waals surface area contributed by atoms with Crippen molar-refractivity contribution in [1.82, 2.24) is 15.1 Å². The number of nitrogens with one attached hydrogen (secondary N) is 1. The van der Waals surface area contributed by atoms with Gasteiger partial charge in [-0.1, -0.05) is 20.8 Å². The van der Waals surface area contributed by atoms with E-state index in [2.05, 4.69) is 24.1 Å². The van der Waals surface area contributed by atoms with Gasteiger partial charge in [-0.25, -0.2) is 0 Å². The Balaban J connectivity index is 1.91. The highest BCUT2D eigenvalue weighted by Gasteiger charge is 2.37. The van der Waals surface area contributed by atoms with E-state index in [0.29, 0.717) is 12.3 Å². The van der Waals surface area contributed by atoms with E-state index in [-0.39, 0.29) is 17.2 Å². The maximum atomic E-state index is 12.5. The van der Waals surface area contributed by atoms with Crippen LogP contribution in [0.25, 0.3) is 0 Å². The van der Waals surface area contributed by atoms with Crippen LogP contribution in [0.3, 0.4) is 0 Å². The lowest BCUT2D eigenvalue weighted by molar-refractivity contribution is -0.150. The van der Waals surface area contributed by atoms with E-state index in [9.17, 15) is 9.59 Å². The number of likely N-dealkylation sites (tertiary alicyclic amines) is 1. The van der Waals surface area contributed by atoms with Gasteiger partial charge in [0.05, 0.1) is 0 Å². The van der Waals surface area contributed by atoms with Gasteiger partial charge >= 0.3 is 0 Å². The Hall–Kier alpha value is -0.940. The minimum absolute atomic E-state index is 0.172. The van der Waals surface area contributed by atoms with Crippen LogP contribution in [0.5, 0.6) is 0 Å². The fourth-order valence-electron chi connectivity index (χ4n) is 3.48. The molecular weight excluding hydrogens is 290 g/mol. The maximum Gasteiger partial charge on any atom is 0.290 e. The Kier molecular flexibility index (Phi) is 5.52. The number of carbonyl (C=O) groups is 2. The van der Waals surface area contributed by atoms with Gasteiger partial charge in [0.25, 0.3) is 5.91 Å². The molecule has 0 aromatic rings. The number of piperidine rings is 1. The molecule has 0 aromatic heterocycles. The predicted molar refractivity (Wildman–Crippen MR) is 92.0 cm³/mol. The summed E-state index contributed by atoms with van der Waals surface area (Å²) >= 11 is 0. The summed E-state index contributed by atoms with van der Waals surface area (Å²) in [5.41, 5.74) is -0.377. The first-order valence-electron chi connectivity index (χ1n) is 8.96. The molecule has 0 spiro atoms. The number of hydrogen-bond acceptors (Lipinski definition) is 4. The molecule has 23 heavy (non-hydrogen) atoms. The number of ketones is 1. The first kappa shape index (κ1) is 18.4. The van der Waals surface area contributed by atoms with Gasteiger partial charge in [-0.3, -0.25) is 19.8 Å². The van der Waals surface area contributed by atoms with Gasteiger partial charge in [0.1, 0.15) is 0 Å². The van der Waals surface area contributed by atoms with Crippen LogP contribution in [0.15, 0.2) is 0 Å². The van der Waals surface area contributed by atoms with E-state index in [1.165, 1.54) is 0 Å². The van der Waals surface area contributed by atoms with Crippen LogP contribution in [0.2, 0.25) is 0 Å². The molecule has 0 saturated carbocycles. The van der Waals surface area contributed by atoms with Crippen molar-refractivity contribution in [3.8, 4) is 0 Å². The Morgan fingerprint density at radius 3 is 2.57 bits per heavy atom. The lowest BCUT2D eigenvalue weighted by Gasteiger charge is -2.35. The summed E-state index contributed by atoms with van der Waals surface area (Å²) < 4.78 is 0. The highest BCUT2D eigenvalue weighted by atomic mass is 16.2. The van der Waals surface area contributed by atoms with Crippen molar-refractivity contribution in [2.75, 3.05) is 32.8 Å². The molecule has 0 unspecified atom stereocenters. The summed E-state index contributed by atoms with van der Waals surface area (Å²) in [6.45, 7) is 14.5. The fourth-order valence-corrected chi connectivity index (χ4v) is 3.48. The number of hydrogen-bond donors (Lipinski definition) is 1. The summed E-state index contributed by atoms with van der Waals surface area (Å²) in [6, 6.07) is 0. The van der Waals surface area contributed by atoms with Crippen LogP contribution in [0.1, 0.15) is 53.9 Å². The monoisotopic (exact) mass is 323 g/mol. The maximum absolute atomic E-state index is 12.5. The normalized spacial score (nSPS) is 25.6. The van der Waals surface area contributed by atoms with Crippen LogP contribution < -0.4 is 5.32 Å². The average Bonchev–Trinajstić information content (AvgIpc) is 2.84. The van der Waals surface area contributed by atoms with Crippen LogP contribution in [-0.2, 0) is 9.59 Å². The SMILES string of the molecule is CCC(C)(C)C(=O)C(=O)N1CCC[C@@H](CN2CNC(C)(C)C2)C1. The first-order valence-corrected chi connectivity index (χ1v) is 8.96. The van der Waals surface area contributed by atoms with Crippen molar-refractivity contribution in [2.24, 2.45) is 11.3 Å². The zero-order chi connectivity index (χ0) is 17.3. The molecule has 2 saturated heterocycles. The van der Waals surface area contributed by atoms with E-state index in [1.54, 1.807) is 4.90 Å². The smallest absolute Gasteiger partial charge is 0.290 e. The molecule has 1 N–H and O–H groups in total. The first-order chi connectivity index (χ1) is 10.6. The molecular formula is C18H33N3O2. The zero-order valence-electron chi connectivity index (χ0n) is 15.4. The topological polar surface area (TPSA) is 52.7 Å². The molecule has 0 aromatic carbocycles. The molecule has 2 aliphatic heterocycles. The van der Waals surface area contributed by atoms with Gasteiger partial charge in [-0.2, -0.15) is 0 Å². The zero-order valence-corrected chi connectivity index (χ0v) is 15.4. The van der Waals surface area contributed by atoms with E-state index in [1.807, 2.05) is 20.8 Å². The third-order valence-electron chi connectivity index (χ3n) is 5.42. The van der Waals surface area contributed by atoms with Gasteiger partial charge in [0.15, 0.2) is 0 Å². The molecule has 2 rings (SSSR count). The predicted octanol–water partition coefficient (Wildman–Crippen LogP) is 1.87. The molecule has 0 radical (unpaired) electrons. The van der Waals surface area contributed by atoms with Crippen LogP contribution in [0.4, 0.5) is 0 Å². The highest BCUT2D eigenvalue weighted by molar-refractivity contribution is 6.37. The summed E-state index contributed by atoms with van der Waals surface area (Å²) in [5.74, 6) is -0.0352. The lowest BCUT2D eigenvalue weighted by atomic mass is 9.84. The molecule has 5 nitrogen and oxygen atoms in total. The summed E-state index contributed by atoms with van der Waals surface area (Å²) in [5, 5.41) is 3.51. The Labute approximate surface area is 140 Å². The molecule has 1 atom stereocenters. The number of Topliss-reactive ketones (excluding diaryl/α,β-unsaturated/α-hetero) is 1. The molecule has 0 aliphatic carbocycles. The van der Waals surface area contributed by atoms with Crippen molar-refractivity contribution < 1.29 is 9.59 Å². The van der Waals surface area contributed by atoms with E-state index >= 15 is 0 Å². The number of rotatable bonds is 5. The van der Waals surface area contributed by atoms with Crippen molar-refractivity contribution in [1.29, 1.82) is 0 Å². The van der Waals surface area contributed by atoms with E-state index < -0.39 is 5.41 Å². The molecule has 132 valence electrons. The Morgan fingerprint density at radius 1 is 1.30 bits per heavy atom. The van der Waals surface area contributed by atoms with Crippen molar-refractivity contribution in [2.45, 2.75) is 59.4 Å². The van der Waals surface area contributed by atoms with Crippen LogP contribution in [0, 0.1) is 11.3 Å². The van der Waals surface area contributed by atoms with Crippen LogP contribution >= 0.6 is 0 Å². The van der Waals surface area contributed by atoms with Crippen molar-refractivity contribution in [3.05, 3.63) is 0 Å². The summed E-state index contributed by atoms with van der Waals surface area (Å²) in [6.07, 6.45) is 2.84. The number of carbonyl (C=O) groups excluding carboxylic acids is 2. The van der Waals surface area contributed by atoms with Crippen molar-refractivity contribution in [3.63, 3.8) is 0 Å². The molecule has 5 heteroatoms. The Morgan fingerprint density at radius 2 is 2.00 bits per heavy atom. The van der Waals surface area contributed by atoms with Gasteiger partial charge in [-0.05, 0) is 39.0 Å². The second-order valence-corrected chi connectivity index (χ2v) is 8.56. The van der Waals surface area contributed by atoms with E-state index in [4.69, 9.17) is 0 Å². The third kappa shape index (κ3) is 4.54. The summed E-state index contributed by atoms with van der Waals surface area (Å²) in [4.78, 5) is 29.2. The third-order valence-corrected chi connectivity index (χ3v) is 5.42. The molecule has 2 aliphatic rings. The molecule has 1 amide bonds. The standard InChI is InChI=1S/C18H33N3O2/c1-6-17(2,3)15(22)16(23)21-9-7-8-14(11-21)10-20-12-18(4,5)19-13-20/h14,19H,6-13H2,1-5H3/t14-/m0/s1. The minimum atomic E-state index is -0.549. The number of amides is 1. The quantitative estimate of drug-likeness (QED) is 0.785. The molecule has 0 bridgehead atoms. The average molecular weight is 323 g/mol. The van der Waals surface area contributed by atoms with Gasteiger partial charge in [0.2, 0.25) is 5.78 Å². The lowest BCUT2D eigenvalue weighted by Crippen LogP contribution is -2.48. The minimum Gasteiger partial charge on any atom is -0.336 e. The van der Waals surface area contributed by atoms with Gasteiger partial charge in [0, 0.05) is 43.8 Å². The second kappa shape index (κ2) is 6.89. The Bertz CT molecular complexity index is 459. The van der Waals surface area contributed by atoms with Gasteiger partial charge < -0.3 is 4.90 Å². The van der Waals surface area contributed by atoms with Crippen LogP contribution in [-0.4, -0.2) is 59.9 Å². The molecule has 2 fully saturated rings. The molecule has 2 heterocycles. The second-order valence-electron chi connectivity index (χ2n) is 8.56. The highest BCUT2D eigenvalue weighted by Crippen LogP contribution is 2.25. The van der Waals surface area contributed by atoms with Gasteiger partial charge in [-0.15, -0.1) is 0 Å². The fraction of sp³-hybridized carbons (Fsp3) is 0.889. The van der Waals surface area contributed by atoms with E-state index in [0.717, 1.165) is 45.7 Å².